The van der Waals surface area contributed by atoms with Crippen molar-refractivity contribution in [1.29, 1.82) is 0 Å². The van der Waals surface area contributed by atoms with Crippen LogP contribution in [-0.2, 0) is 15.1 Å². The zero-order valence-electron chi connectivity index (χ0n) is 11.6. The van der Waals surface area contributed by atoms with Crippen LogP contribution in [0.5, 0.6) is 11.5 Å². The molecule has 1 aliphatic rings. The Morgan fingerprint density at radius 1 is 1.15 bits per heavy atom. The van der Waals surface area contributed by atoms with Crippen molar-refractivity contribution < 1.29 is 19.1 Å². The maximum absolute atomic E-state index is 11.4. The first-order chi connectivity index (χ1) is 9.65. The molecule has 5 heteroatoms. The Kier molecular flexibility index (Phi) is 4.20. The molecule has 1 aromatic rings. The van der Waals surface area contributed by atoms with Gasteiger partial charge in [0.2, 0.25) is 6.08 Å². The van der Waals surface area contributed by atoms with E-state index in [1.807, 2.05) is 12.1 Å². The molecule has 0 unspecified atom stereocenters. The van der Waals surface area contributed by atoms with Crippen LogP contribution in [0.15, 0.2) is 23.2 Å². The first-order valence-corrected chi connectivity index (χ1v) is 6.48. The Morgan fingerprint density at radius 2 is 1.80 bits per heavy atom. The fourth-order valence-electron chi connectivity index (χ4n) is 2.62. The van der Waals surface area contributed by atoms with E-state index in [2.05, 4.69) is 4.99 Å². The lowest BCUT2D eigenvalue weighted by molar-refractivity contribution is -0.121. The molecule has 1 saturated carbocycles. The minimum Gasteiger partial charge on any atom is -0.493 e. The molecule has 20 heavy (non-hydrogen) atoms. The van der Waals surface area contributed by atoms with Crippen LogP contribution in [0.3, 0.4) is 0 Å². The molecule has 0 bridgehead atoms. The summed E-state index contributed by atoms with van der Waals surface area (Å²) in [7, 11) is 3.12. The summed E-state index contributed by atoms with van der Waals surface area (Å²) in [6, 6.07) is 5.46. The number of ether oxygens (including phenoxy) is 2. The van der Waals surface area contributed by atoms with E-state index in [4.69, 9.17) is 9.47 Å². The molecule has 0 N–H and O–H groups in total. The number of hydrogen-bond donors (Lipinski definition) is 0. The Bertz CT molecular complexity index is 551. The summed E-state index contributed by atoms with van der Waals surface area (Å²) >= 11 is 0. The van der Waals surface area contributed by atoms with Gasteiger partial charge in [0.05, 0.1) is 19.8 Å². The maximum Gasteiger partial charge on any atom is 0.235 e. The standard InChI is InChI=1S/C15H17NO4/c1-19-13-4-3-11(9-14(13)20-2)15(16-10-17)7-5-12(18)6-8-15/h3-4,9H,5-8H2,1-2H3. The van der Waals surface area contributed by atoms with Crippen LogP contribution in [0.1, 0.15) is 31.2 Å². The van der Waals surface area contributed by atoms with Crippen LogP contribution >= 0.6 is 0 Å². The SMILES string of the molecule is COc1ccc(C2(N=C=O)CCC(=O)CC2)cc1OC. The summed E-state index contributed by atoms with van der Waals surface area (Å²) in [4.78, 5) is 26.2. The first-order valence-electron chi connectivity index (χ1n) is 6.48. The van der Waals surface area contributed by atoms with Crippen LogP contribution in [0.2, 0.25) is 0 Å². The van der Waals surface area contributed by atoms with Gasteiger partial charge in [-0.05, 0) is 30.5 Å². The van der Waals surface area contributed by atoms with Crippen molar-refractivity contribution in [3.63, 3.8) is 0 Å². The monoisotopic (exact) mass is 275 g/mol. The van der Waals surface area contributed by atoms with Gasteiger partial charge in [-0.1, -0.05) is 6.07 Å². The number of isocyanates is 1. The molecule has 0 spiro atoms. The van der Waals surface area contributed by atoms with Gasteiger partial charge in [0.1, 0.15) is 5.78 Å². The second-order valence-electron chi connectivity index (χ2n) is 4.84. The summed E-state index contributed by atoms with van der Waals surface area (Å²) in [5.41, 5.74) is 0.181. The van der Waals surface area contributed by atoms with Crippen LogP contribution in [0.25, 0.3) is 0 Å². The lowest BCUT2D eigenvalue weighted by Crippen LogP contribution is -2.30. The first kappa shape index (κ1) is 14.3. The van der Waals surface area contributed by atoms with Crippen molar-refractivity contribution in [2.75, 3.05) is 14.2 Å². The molecule has 0 amide bonds. The van der Waals surface area contributed by atoms with Crippen molar-refractivity contribution >= 4 is 11.9 Å². The number of carbonyl (C=O) groups excluding carboxylic acids is 2. The fraction of sp³-hybridized carbons (Fsp3) is 0.467. The summed E-state index contributed by atoms with van der Waals surface area (Å²) in [5.74, 6) is 1.41. The quantitative estimate of drug-likeness (QED) is 0.625. The number of rotatable bonds is 4. The Hall–Kier alpha value is -2.13. The summed E-state index contributed by atoms with van der Waals surface area (Å²) < 4.78 is 10.5. The summed E-state index contributed by atoms with van der Waals surface area (Å²) in [6.07, 6.45) is 3.56. The molecular weight excluding hydrogens is 258 g/mol. The van der Waals surface area contributed by atoms with E-state index in [1.165, 1.54) is 0 Å². The smallest absolute Gasteiger partial charge is 0.235 e. The summed E-state index contributed by atoms with van der Waals surface area (Å²) in [6.45, 7) is 0. The zero-order valence-corrected chi connectivity index (χ0v) is 11.6. The number of hydrogen-bond acceptors (Lipinski definition) is 5. The molecule has 0 aliphatic heterocycles. The van der Waals surface area contributed by atoms with E-state index in [1.54, 1.807) is 26.4 Å². The van der Waals surface area contributed by atoms with Gasteiger partial charge in [0.15, 0.2) is 11.5 Å². The van der Waals surface area contributed by atoms with E-state index in [-0.39, 0.29) is 5.78 Å². The highest BCUT2D eigenvalue weighted by Crippen LogP contribution is 2.42. The van der Waals surface area contributed by atoms with E-state index in [9.17, 15) is 9.59 Å². The van der Waals surface area contributed by atoms with E-state index >= 15 is 0 Å². The number of methoxy groups -OCH3 is 2. The van der Waals surface area contributed by atoms with Crippen molar-refractivity contribution in [1.82, 2.24) is 0 Å². The third-order valence-corrected chi connectivity index (χ3v) is 3.82. The molecule has 1 aliphatic carbocycles. The van der Waals surface area contributed by atoms with Crippen molar-refractivity contribution in [3.05, 3.63) is 23.8 Å². The largest absolute Gasteiger partial charge is 0.493 e. The molecular formula is C15H17NO4. The number of Topliss-reactive ketones (excluding diaryl/α,β-unsaturated/α-hetero) is 1. The van der Waals surface area contributed by atoms with Gasteiger partial charge in [0.25, 0.3) is 0 Å². The summed E-state index contributed by atoms with van der Waals surface area (Å²) in [5, 5.41) is 0. The Morgan fingerprint density at radius 3 is 2.35 bits per heavy atom. The van der Waals surface area contributed by atoms with Crippen LogP contribution in [0.4, 0.5) is 0 Å². The second-order valence-corrected chi connectivity index (χ2v) is 4.84. The lowest BCUT2D eigenvalue weighted by atomic mass is 9.76. The minimum atomic E-state index is -0.671. The van der Waals surface area contributed by atoms with Gasteiger partial charge in [-0.3, -0.25) is 4.79 Å². The predicted molar refractivity (Wildman–Crippen MR) is 72.8 cm³/mol. The molecule has 2 rings (SSSR count). The lowest BCUT2D eigenvalue weighted by Gasteiger charge is -2.32. The van der Waals surface area contributed by atoms with Crippen molar-refractivity contribution in [2.24, 2.45) is 4.99 Å². The molecule has 0 atom stereocenters. The van der Waals surface area contributed by atoms with Gasteiger partial charge in [-0.2, -0.15) is 4.99 Å². The van der Waals surface area contributed by atoms with Crippen LogP contribution in [0, 0.1) is 0 Å². The molecule has 0 aromatic heterocycles. The van der Waals surface area contributed by atoms with Gasteiger partial charge >= 0.3 is 0 Å². The van der Waals surface area contributed by atoms with Gasteiger partial charge in [-0.25, -0.2) is 4.79 Å². The number of nitrogens with zero attached hydrogens (tertiary/aromatic N) is 1. The predicted octanol–water partition coefficient (Wildman–Crippen LogP) is 2.38. The number of carbonyl (C=O) groups is 1. The van der Waals surface area contributed by atoms with Crippen molar-refractivity contribution in [3.8, 4) is 11.5 Å². The Labute approximate surface area is 117 Å². The molecule has 0 radical (unpaired) electrons. The third kappa shape index (κ3) is 2.58. The molecule has 1 fully saturated rings. The van der Waals surface area contributed by atoms with Crippen molar-refractivity contribution in [2.45, 2.75) is 31.2 Å². The van der Waals surface area contributed by atoms with Crippen LogP contribution in [-0.4, -0.2) is 26.1 Å². The average Bonchev–Trinajstić information content (AvgIpc) is 2.49. The molecule has 5 nitrogen and oxygen atoms in total. The fourth-order valence-corrected chi connectivity index (χ4v) is 2.62. The minimum absolute atomic E-state index is 0.210. The van der Waals surface area contributed by atoms with Gasteiger partial charge in [-0.15, -0.1) is 0 Å². The highest BCUT2D eigenvalue weighted by molar-refractivity contribution is 5.79. The number of benzene rings is 1. The molecule has 106 valence electrons. The maximum atomic E-state index is 11.4. The van der Waals surface area contributed by atoms with Crippen LogP contribution < -0.4 is 9.47 Å². The molecule has 1 aromatic carbocycles. The third-order valence-electron chi connectivity index (χ3n) is 3.82. The molecule has 0 saturated heterocycles. The normalized spacial score (nSPS) is 17.2. The topological polar surface area (TPSA) is 65.0 Å². The molecule has 0 heterocycles. The van der Waals surface area contributed by atoms with E-state index in [0.717, 1.165) is 5.56 Å². The Balaban J connectivity index is 2.44. The van der Waals surface area contributed by atoms with Gasteiger partial charge in [0, 0.05) is 12.8 Å². The van der Waals surface area contributed by atoms with E-state index < -0.39 is 5.54 Å². The number of ketones is 1. The number of aliphatic imine (C=N–C) groups is 1. The van der Waals surface area contributed by atoms with E-state index in [0.29, 0.717) is 37.2 Å². The average molecular weight is 275 g/mol. The van der Waals surface area contributed by atoms with Gasteiger partial charge < -0.3 is 9.47 Å². The highest BCUT2D eigenvalue weighted by atomic mass is 16.5. The second kappa shape index (κ2) is 5.88. The zero-order chi connectivity index (χ0) is 14.6. The highest BCUT2D eigenvalue weighted by Gasteiger charge is 2.37.